The van der Waals surface area contributed by atoms with E-state index < -0.39 is 0 Å². The van der Waals surface area contributed by atoms with Gasteiger partial charge in [0.15, 0.2) is 0 Å². The number of rotatable bonds is 6. The first-order valence-electron chi connectivity index (χ1n) is 9.60. The second kappa shape index (κ2) is 8.71. The molecule has 0 aliphatic carbocycles. The van der Waals surface area contributed by atoms with E-state index in [0.717, 1.165) is 31.5 Å². The average molecular weight is 365 g/mol. The number of hydrogen-bond acceptors (Lipinski definition) is 3. The summed E-state index contributed by atoms with van der Waals surface area (Å²) in [5, 5.41) is 5.86. The van der Waals surface area contributed by atoms with E-state index in [0.29, 0.717) is 17.8 Å². The molecule has 1 heterocycles. The topological polar surface area (TPSA) is 61.4 Å². The van der Waals surface area contributed by atoms with Crippen LogP contribution in [0.15, 0.2) is 48.5 Å². The lowest BCUT2D eigenvalue weighted by atomic mass is 10.0. The maximum Gasteiger partial charge on any atom is 0.251 e. The monoisotopic (exact) mass is 365 g/mol. The van der Waals surface area contributed by atoms with Gasteiger partial charge in [0.1, 0.15) is 0 Å². The fourth-order valence-electron chi connectivity index (χ4n) is 3.26. The van der Waals surface area contributed by atoms with Crippen molar-refractivity contribution in [3.8, 4) is 0 Å². The zero-order valence-corrected chi connectivity index (χ0v) is 16.0. The molecule has 2 N–H and O–H groups in total. The predicted octanol–water partition coefficient (Wildman–Crippen LogP) is 3.61. The van der Waals surface area contributed by atoms with E-state index in [2.05, 4.69) is 27.7 Å². The van der Waals surface area contributed by atoms with Gasteiger partial charge in [-0.2, -0.15) is 0 Å². The van der Waals surface area contributed by atoms with Crippen molar-refractivity contribution in [3.63, 3.8) is 0 Å². The highest BCUT2D eigenvalue weighted by molar-refractivity contribution is 5.97. The van der Waals surface area contributed by atoms with Gasteiger partial charge in [0.05, 0.1) is 6.54 Å². The van der Waals surface area contributed by atoms with Crippen molar-refractivity contribution in [3.05, 3.63) is 59.7 Å². The Morgan fingerprint density at radius 1 is 1.11 bits per heavy atom. The van der Waals surface area contributed by atoms with Crippen LogP contribution in [0.1, 0.15) is 42.6 Å². The number of aryl methyl sites for hydroxylation is 1. The van der Waals surface area contributed by atoms with Crippen LogP contribution in [0.5, 0.6) is 0 Å². The third kappa shape index (κ3) is 4.88. The summed E-state index contributed by atoms with van der Waals surface area (Å²) in [4.78, 5) is 26.7. The highest BCUT2D eigenvalue weighted by Crippen LogP contribution is 2.26. The molecular weight excluding hydrogens is 338 g/mol. The molecule has 0 saturated carbocycles. The van der Waals surface area contributed by atoms with Gasteiger partial charge in [-0.15, -0.1) is 0 Å². The Labute approximate surface area is 160 Å². The lowest BCUT2D eigenvalue weighted by Gasteiger charge is -2.30. The molecule has 0 saturated heterocycles. The Hall–Kier alpha value is -2.82. The minimum Gasteiger partial charge on any atom is -0.362 e. The third-order valence-electron chi connectivity index (χ3n) is 4.96. The molecule has 1 unspecified atom stereocenters. The molecule has 1 aliphatic rings. The number of anilines is 2. The molecule has 142 valence electrons. The van der Waals surface area contributed by atoms with Gasteiger partial charge in [0, 0.05) is 29.5 Å². The van der Waals surface area contributed by atoms with Crippen molar-refractivity contribution in [1.29, 1.82) is 0 Å². The summed E-state index contributed by atoms with van der Waals surface area (Å²) >= 11 is 0. The van der Waals surface area contributed by atoms with Crippen molar-refractivity contribution in [2.24, 2.45) is 0 Å². The first kappa shape index (κ1) is 19.0. The SMILES string of the molecule is CCC(C)NC(=O)c1ccc(NC(=O)CN2CCCc3ccccc32)cc1. The summed E-state index contributed by atoms with van der Waals surface area (Å²) in [6, 6.07) is 15.4. The van der Waals surface area contributed by atoms with Gasteiger partial charge in [-0.05, 0) is 62.1 Å². The van der Waals surface area contributed by atoms with E-state index in [9.17, 15) is 9.59 Å². The number of para-hydroxylation sites is 1. The minimum absolute atomic E-state index is 0.0523. The van der Waals surface area contributed by atoms with Crippen LogP contribution in [0.3, 0.4) is 0 Å². The second-order valence-electron chi connectivity index (χ2n) is 7.06. The van der Waals surface area contributed by atoms with Gasteiger partial charge >= 0.3 is 0 Å². The molecule has 5 nitrogen and oxygen atoms in total. The van der Waals surface area contributed by atoms with Gasteiger partial charge < -0.3 is 15.5 Å². The number of fused-ring (bicyclic) bond motifs is 1. The van der Waals surface area contributed by atoms with Crippen LogP contribution in [0.2, 0.25) is 0 Å². The van der Waals surface area contributed by atoms with E-state index in [-0.39, 0.29) is 17.9 Å². The first-order chi connectivity index (χ1) is 13.1. The summed E-state index contributed by atoms with van der Waals surface area (Å²) in [5.74, 6) is -0.143. The molecule has 27 heavy (non-hydrogen) atoms. The minimum atomic E-state index is -0.0906. The smallest absolute Gasteiger partial charge is 0.251 e. The van der Waals surface area contributed by atoms with E-state index in [1.54, 1.807) is 24.3 Å². The lowest BCUT2D eigenvalue weighted by Crippen LogP contribution is -2.36. The van der Waals surface area contributed by atoms with Crippen LogP contribution in [0.25, 0.3) is 0 Å². The molecule has 2 aromatic rings. The van der Waals surface area contributed by atoms with Gasteiger partial charge in [-0.3, -0.25) is 9.59 Å². The molecule has 2 aromatic carbocycles. The Balaban J connectivity index is 1.58. The number of carbonyl (C=O) groups excluding carboxylic acids is 2. The number of benzene rings is 2. The molecule has 1 atom stereocenters. The number of amides is 2. The summed E-state index contributed by atoms with van der Waals surface area (Å²) < 4.78 is 0. The Kier molecular flexibility index (Phi) is 6.12. The van der Waals surface area contributed by atoms with Crippen molar-refractivity contribution in [2.75, 3.05) is 23.3 Å². The molecule has 0 fully saturated rings. The Bertz CT molecular complexity index is 801. The maximum absolute atomic E-state index is 12.5. The summed E-state index contributed by atoms with van der Waals surface area (Å²) in [6.45, 7) is 5.22. The molecular formula is C22H27N3O2. The quantitative estimate of drug-likeness (QED) is 0.822. The fourth-order valence-corrected chi connectivity index (χ4v) is 3.26. The predicted molar refractivity (Wildman–Crippen MR) is 109 cm³/mol. The van der Waals surface area contributed by atoms with Crippen molar-refractivity contribution in [2.45, 2.75) is 39.2 Å². The van der Waals surface area contributed by atoms with E-state index in [4.69, 9.17) is 0 Å². The van der Waals surface area contributed by atoms with E-state index in [1.807, 2.05) is 26.0 Å². The third-order valence-corrected chi connectivity index (χ3v) is 4.96. The highest BCUT2D eigenvalue weighted by atomic mass is 16.2. The standard InChI is InChI=1S/C22H27N3O2/c1-3-16(2)23-22(27)18-10-12-19(13-11-18)24-21(26)15-25-14-6-8-17-7-4-5-9-20(17)25/h4-5,7,9-13,16H,3,6,8,14-15H2,1-2H3,(H,23,27)(H,24,26). The summed E-state index contributed by atoms with van der Waals surface area (Å²) in [5.41, 5.74) is 3.74. The van der Waals surface area contributed by atoms with Crippen LogP contribution in [0, 0.1) is 0 Å². The average Bonchev–Trinajstić information content (AvgIpc) is 2.68. The lowest BCUT2D eigenvalue weighted by molar-refractivity contribution is -0.115. The van der Waals surface area contributed by atoms with Gasteiger partial charge in [-0.1, -0.05) is 25.1 Å². The van der Waals surface area contributed by atoms with Crippen LogP contribution < -0.4 is 15.5 Å². The Morgan fingerprint density at radius 2 is 1.85 bits per heavy atom. The summed E-state index contributed by atoms with van der Waals surface area (Å²) in [6.07, 6.45) is 3.01. The van der Waals surface area contributed by atoms with E-state index >= 15 is 0 Å². The molecule has 0 spiro atoms. The van der Waals surface area contributed by atoms with Crippen LogP contribution in [0.4, 0.5) is 11.4 Å². The van der Waals surface area contributed by atoms with Crippen molar-refractivity contribution < 1.29 is 9.59 Å². The zero-order chi connectivity index (χ0) is 19.2. The normalized spacial score (nSPS) is 14.2. The number of nitrogens with one attached hydrogen (secondary N) is 2. The second-order valence-corrected chi connectivity index (χ2v) is 7.06. The van der Waals surface area contributed by atoms with Gasteiger partial charge in [0.25, 0.3) is 5.91 Å². The molecule has 3 rings (SSSR count). The van der Waals surface area contributed by atoms with Gasteiger partial charge in [-0.25, -0.2) is 0 Å². The number of carbonyl (C=O) groups is 2. The Morgan fingerprint density at radius 3 is 2.59 bits per heavy atom. The largest absolute Gasteiger partial charge is 0.362 e. The summed E-state index contributed by atoms with van der Waals surface area (Å²) in [7, 11) is 0. The van der Waals surface area contributed by atoms with E-state index in [1.165, 1.54) is 5.56 Å². The van der Waals surface area contributed by atoms with Gasteiger partial charge in [0.2, 0.25) is 5.91 Å². The molecule has 0 radical (unpaired) electrons. The van der Waals surface area contributed by atoms with Crippen LogP contribution in [-0.4, -0.2) is 30.9 Å². The van der Waals surface area contributed by atoms with Crippen molar-refractivity contribution in [1.82, 2.24) is 5.32 Å². The molecule has 0 bridgehead atoms. The van der Waals surface area contributed by atoms with Crippen molar-refractivity contribution >= 4 is 23.2 Å². The molecule has 1 aliphatic heterocycles. The number of nitrogens with zero attached hydrogens (tertiary/aromatic N) is 1. The zero-order valence-electron chi connectivity index (χ0n) is 16.0. The fraction of sp³-hybridized carbons (Fsp3) is 0.364. The molecule has 5 heteroatoms. The molecule has 2 amide bonds. The van der Waals surface area contributed by atoms with Crippen LogP contribution >= 0.6 is 0 Å². The first-order valence-corrected chi connectivity index (χ1v) is 9.60. The molecule has 0 aromatic heterocycles. The number of hydrogen-bond donors (Lipinski definition) is 2. The maximum atomic E-state index is 12.5. The van der Waals surface area contributed by atoms with Crippen LogP contribution in [-0.2, 0) is 11.2 Å². The highest BCUT2D eigenvalue weighted by Gasteiger charge is 2.18.